The first-order valence-electron chi connectivity index (χ1n) is 11.6. The highest BCUT2D eigenvalue weighted by molar-refractivity contribution is 14.0. The third-order valence-electron chi connectivity index (χ3n) is 6.19. The van der Waals surface area contributed by atoms with Gasteiger partial charge in [-0.05, 0) is 37.8 Å². The summed E-state index contributed by atoms with van der Waals surface area (Å²) in [5.74, 6) is 1.45. The van der Waals surface area contributed by atoms with Gasteiger partial charge in [-0.3, -0.25) is 9.69 Å². The van der Waals surface area contributed by atoms with Gasteiger partial charge in [-0.15, -0.1) is 35.3 Å². The maximum absolute atomic E-state index is 12.1. The summed E-state index contributed by atoms with van der Waals surface area (Å²) in [6.45, 7) is 7.42. The van der Waals surface area contributed by atoms with Crippen LogP contribution in [0.2, 0.25) is 0 Å². The molecule has 0 aromatic carbocycles. The van der Waals surface area contributed by atoms with Crippen molar-refractivity contribution in [2.75, 3.05) is 60.0 Å². The van der Waals surface area contributed by atoms with Crippen molar-refractivity contribution in [3.63, 3.8) is 0 Å². The molecule has 2 heterocycles. The summed E-state index contributed by atoms with van der Waals surface area (Å²) in [5.41, 5.74) is 0. The van der Waals surface area contributed by atoms with Crippen molar-refractivity contribution in [3.8, 4) is 0 Å². The lowest BCUT2D eigenvalue weighted by atomic mass is 9.89. The van der Waals surface area contributed by atoms with Crippen molar-refractivity contribution in [1.29, 1.82) is 0 Å². The molecule has 1 saturated carbocycles. The second-order valence-corrected chi connectivity index (χ2v) is 10.2. The molecule has 0 spiro atoms. The van der Waals surface area contributed by atoms with Crippen LogP contribution in [0.1, 0.15) is 47.9 Å². The fourth-order valence-electron chi connectivity index (χ4n) is 4.22. The molecule has 1 amide bonds. The molecule has 1 atom stereocenters. The molecule has 2 N–H and O–H groups in total. The Morgan fingerprint density at radius 2 is 1.94 bits per heavy atom. The van der Waals surface area contributed by atoms with Crippen molar-refractivity contribution in [2.45, 2.75) is 45.1 Å². The van der Waals surface area contributed by atoms with Gasteiger partial charge in [0.15, 0.2) is 5.96 Å². The van der Waals surface area contributed by atoms with E-state index < -0.39 is 0 Å². The predicted octanol–water partition coefficient (Wildman–Crippen LogP) is 3.25. The predicted molar refractivity (Wildman–Crippen MR) is 143 cm³/mol. The molecule has 1 unspecified atom stereocenters. The fraction of sp³-hybridized carbons (Fsp3) is 0.739. The minimum absolute atomic E-state index is 0. The van der Waals surface area contributed by atoms with Crippen LogP contribution in [-0.4, -0.2) is 81.7 Å². The van der Waals surface area contributed by atoms with Crippen molar-refractivity contribution in [2.24, 2.45) is 10.9 Å². The van der Waals surface area contributed by atoms with E-state index in [1.165, 1.54) is 41.9 Å². The number of carbonyl (C=O) groups excluding carboxylic acids is 1. The Morgan fingerprint density at radius 3 is 2.56 bits per heavy atom. The third-order valence-corrected chi connectivity index (χ3v) is 7.29. The van der Waals surface area contributed by atoms with E-state index in [0.29, 0.717) is 5.92 Å². The summed E-state index contributed by atoms with van der Waals surface area (Å²) in [6.07, 6.45) is 6.56. The number of likely N-dealkylation sites (N-methyl/N-ethyl adjacent to an activating group) is 1. The standard InChI is InChI=1S/C23H39N5O2S.HI/c1-18-9-10-21(31-18)20(28-11-13-30-14-12-28)16-25-23(26-17-22(29)27(2)3)24-15-19-7-5-4-6-8-19;/h9-10,19-20H,4-8,11-17H2,1-3H3,(H2,24,25,26);1H. The number of carbonyl (C=O) groups is 1. The van der Waals surface area contributed by atoms with Crippen LogP contribution in [0.15, 0.2) is 17.1 Å². The Balaban J connectivity index is 0.00000363. The second-order valence-electron chi connectivity index (χ2n) is 8.83. The Kier molecular flexibility index (Phi) is 12.3. The quantitative estimate of drug-likeness (QED) is 0.282. The number of amides is 1. The van der Waals surface area contributed by atoms with Crippen molar-refractivity contribution >= 4 is 47.2 Å². The maximum atomic E-state index is 12.1. The SMILES string of the molecule is Cc1ccc(C(CNC(=NCC(=O)N(C)C)NCC2CCCCC2)N2CCOCC2)s1.I. The number of hydrogen-bond donors (Lipinski definition) is 2. The first-order valence-corrected chi connectivity index (χ1v) is 12.4. The van der Waals surface area contributed by atoms with E-state index in [1.807, 2.05) is 11.3 Å². The summed E-state index contributed by atoms with van der Waals surface area (Å²) in [7, 11) is 3.54. The van der Waals surface area contributed by atoms with E-state index in [4.69, 9.17) is 4.74 Å². The van der Waals surface area contributed by atoms with Crippen molar-refractivity contribution < 1.29 is 9.53 Å². The lowest BCUT2D eigenvalue weighted by Crippen LogP contribution is -2.47. The molecule has 1 saturated heterocycles. The number of aliphatic imine (C=N–C) groups is 1. The number of nitrogens with one attached hydrogen (secondary N) is 2. The number of nitrogens with zero attached hydrogens (tertiary/aromatic N) is 3. The van der Waals surface area contributed by atoms with Gasteiger partial charge in [-0.1, -0.05) is 19.3 Å². The van der Waals surface area contributed by atoms with Gasteiger partial charge in [-0.25, -0.2) is 4.99 Å². The molecule has 2 aliphatic rings. The van der Waals surface area contributed by atoms with E-state index in [2.05, 4.69) is 39.6 Å². The molecule has 1 aliphatic heterocycles. The minimum Gasteiger partial charge on any atom is -0.379 e. The highest BCUT2D eigenvalue weighted by atomic mass is 127. The van der Waals surface area contributed by atoms with Crippen LogP contribution >= 0.6 is 35.3 Å². The van der Waals surface area contributed by atoms with Crippen LogP contribution in [0.3, 0.4) is 0 Å². The zero-order valence-corrected chi connectivity index (χ0v) is 22.9. The number of hydrogen-bond acceptors (Lipinski definition) is 5. The number of halogens is 1. The maximum Gasteiger partial charge on any atom is 0.243 e. The van der Waals surface area contributed by atoms with Gasteiger partial charge < -0.3 is 20.3 Å². The van der Waals surface area contributed by atoms with Crippen LogP contribution in [0, 0.1) is 12.8 Å². The molecule has 0 bridgehead atoms. The highest BCUT2D eigenvalue weighted by Gasteiger charge is 2.24. The Morgan fingerprint density at radius 1 is 1.22 bits per heavy atom. The van der Waals surface area contributed by atoms with Gasteiger partial charge >= 0.3 is 0 Å². The Bertz CT molecular complexity index is 715. The van der Waals surface area contributed by atoms with Gasteiger partial charge in [-0.2, -0.15) is 0 Å². The molecule has 182 valence electrons. The van der Waals surface area contributed by atoms with E-state index in [9.17, 15) is 4.79 Å². The van der Waals surface area contributed by atoms with Crippen LogP contribution < -0.4 is 10.6 Å². The van der Waals surface area contributed by atoms with Crippen LogP contribution in [0.5, 0.6) is 0 Å². The summed E-state index contributed by atoms with van der Waals surface area (Å²) in [5, 5.41) is 7.08. The van der Waals surface area contributed by atoms with Crippen LogP contribution in [0.25, 0.3) is 0 Å². The lowest BCUT2D eigenvalue weighted by Gasteiger charge is -2.34. The second kappa shape index (κ2) is 14.4. The largest absolute Gasteiger partial charge is 0.379 e. The molecular formula is C23H40IN5O2S. The minimum atomic E-state index is 0. The first-order chi connectivity index (χ1) is 15.0. The van der Waals surface area contributed by atoms with Crippen molar-refractivity contribution in [1.82, 2.24) is 20.4 Å². The van der Waals surface area contributed by atoms with Crippen molar-refractivity contribution in [3.05, 3.63) is 21.9 Å². The monoisotopic (exact) mass is 577 g/mol. The van der Waals surface area contributed by atoms with Gasteiger partial charge in [0, 0.05) is 50.0 Å². The zero-order chi connectivity index (χ0) is 22.1. The van der Waals surface area contributed by atoms with E-state index >= 15 is 0 Å². The molecule has 1 aromatic rings. The van der Waals surface area contributed by atoms with Gasteiger partial charge in [0.1, 0.15) is 6.54 Å². The lowest BCUT2D eigenvalue weighted by molar-refractivity contribution is -0.127. The smallest absolute Gasteiger partial charge is 0.243 e. The van der Waals surface area contributed by atoms with E-state index in [1.54, 1.807) is 19.0 Å². The fourth-order valence-corrected chi connectivity index (χ4v) is 5.23. The average molecular weight is 578 g/mol. The number of rotatable bonds is 8. The summed E-state index contributed by atoms with van der Waals surface area (Å²) >= 11 is 1.86. The van der Waals surface area contributed by atoms with Crippen LogP contribution in [-0.2, 0) is 9.53 Å². The van der Waals surface area contributed by atoms with E-state index in [0.717, 1.165) is 45.4 Å². The number of morpholine rings is 1. The average Bonchev–Trinajstić information content (AvgIpc) is 3.22. The topological polar surface area (TPSA) is 69.2 Å². The zero-order valence-electron chi connectivity index (χ0n) is 19.8. The number of ether oxygens (including phenoxy) is 1. The van der Waals surface area contributed by atoms with E-state index in [-0.39, 0.29) is 42.5 Å². The molecule has 1 aromatic heterocycles. The molecule has 3 rings (SSSR count). The normalized spacial score (nSPS) is 19.2. The molecule has 32 heavy (non-hydrogen) atoms. The summed E-state index contributed by atoms with van der Waals surface area (Å²) in [4.78, 5) is 23.5. The summed E-state index contributed by atoms with van der Waals surface area (Å²) < 4.78 is 5.57. The third kappa shape index (κ3) is 8.79. The molecule has 2 fully saturated rings. The van der Waals surface area contributed by atoms with Gasteiger partial charge in [0.25, 0.3) is 0 Å². The Hall–Kier alpha value is -0.910. The molecule has 9 heteroatoms. The van der Waals surface area contributed by atoms with Crippen LogP contribution in [0.4, 0.5) is 0 Å². The molecule has 7 nitrogen and oxygen atoms in total. The Labute approximate surface area is 214 Å². The molecular weight excluding hydrogens is 537 g/mol. The van der Waals surface area contributed by atoms with Gasteiger partial charge in [0.2, 0.25) is 5.91 Å². The molecule has 1 aliphatic carbocycles. The first kappa shape index (κ1) is 27.3. The molecule has 0 radical (unpaired) electrons. The number of thiophene rings is 1. The number of guanidine groups is 1. The summed E-state index contributed by atoms with van der Waals surface area (Å²) in [6, 6.07) is 4.71. The number of aryl methyl sites for hydroxylation is 1. The highest BCUT2D eigenvalue weighted by Crippen LogP contribution is 2.28. The van der Waals surface area contributed by atoms with Gasteiger partial charge in [0.05, 0.1) is 19.3 Å².